The number of aliphatic hydroxyl groups is 1. The highest BCUT2D eigenvalue weighted by Gasteiger charge is 2.35. The third-order valence-corrected chi connectivity index (χ3v) is 5.47. The van der Waals surface area contributed by atoms with E-state index in [0.29, 0.717) is 38.2 Å². The molecule has 8 nitrogen and oxygen atoms in total. The van der Waals surface area contributed by atoms with Gasteiger partial charge in [-0.15, -0.1) is 0 Å². The maximum absolute atomic E-state index is 12.8. The summed E-state index contributed by atoms with van der Waals surface area (Å²) in [6.07, 6.45) is 4.59. The van der Waals surface area contributed by atoms with Crippen LogP contribution in [-0.4, -0.2) is 56.4 Å². The van der Waals surface area contributed by atoms with Gasteiger partial charge in [0.25, 0.3) is 5.91 Å². The van der Waals surface area contributed by atoms with Gasteiger partial charge in [0.2, 0.25) is 0 Å². The van der Waals surface area contributed by atoms with Gasteiger partial charge in [0, 0.05) is 37.1 Å². The summed E-state index contributed by atoms with van der Waals surface area (Å²) in [4.78, 5) is 18.7. The highest BCUT2D eigenvalue weighted by atomic mass is 16.5. The van der Waals surface area contributed by atoms with E-state index in [9.17, 15) is 9.90 Å². The Hall–Kier alpha value is -3.13. The number of aromatic nitrogens is 3. The number of carbonyl (C=O) groups is 1. The fourth-order valence-corrected chi connectivity index (χ4v) is 3.60. The van der Waals surface area contributed by atoms with E-state index in [1.807, 2.05) is 42.0 Å². The van der Waals surface area contributed by atoms with Crippen LogP contribution in [0.3, 0.4) is 0 Å². The van der Waals surface area contributed by atoms with Gasteiger partial charge in [-0.05, 0) is 44.0 Å². The lowest BCUT2D eigenvalue weighted by molar-refractivity contribution is -0.0297. The first-order chi connectivity index (χ1) is 14.0. The number of amides is 1. The Balaban J connectivity index is 1.39. The number of ether oxygens (including phenoxy) is 1. The SMILES string of the molecule is COc1ccc(-c2cc(C(=O)N3CCC(O)(Cn4ccnc4C)CC3)no2)cc1. The summed E-state index contributed by atoms with van der Waals surface area (Å²) in [7, 11) is 1.61. The second-order valence-electron chi connectivity index (χ2n) is 7.42. The summed E-state index contributed by atoms with van der Waals surface area (Å²) >= 11 is 0. The molecular weight excluding hydrogens is 372 g/mol. The second-order valence-corrected chi connectivity index (χ2v) is 7.42. The van der Waals surface area contributed by atoms with Crippen LogP contribution in [0.4, 0.5) is 0 Å². The number of hydrogen-bond donors (Lipinski definition) is 1. The van der Waals surface area contributed by atoms with E-state index < -0.39 is 5.60 Å². The van der Waals surface area contributed by atoms with Gasteiger partial charge in [-0.1, -0.05) is 5.16 Å². The number of nitrogens with zero attached hydrogens (tertiary/aromatic N) is 4. The maximum Gasteiger partial charge on any atom is 0.276 e. The molecule has 0 bridgehead atoms. The van der Waals surface area contributed by atoms with E-state index in [4.69, 9.17) is 9.26 Å². The van der Waals surface area contributed by atoms with Crippen molar-refractivity contribution in [2.45, 2.75) is 31.9 Å². The first-order valence-electron chi connectivity index (χ1n) is 9.58. The molecule has 1 fully saturated rings. The zero-order valence-electron chi connectivity index (χ0n) is 16.5. The van der Waals surface area contributed by atoms with Crippen molar-refractivity contribution < 1.29 is 19.2 Å². The minimum atomic E-state index is -0.847. The van der Waals surface area contributed by atoms with E-state index in [0.717, 1.165) is 17.1 Å². The third-order valence-electron chi connectivity index (χ3n) is 5.47. The van der Waals surface area contributed by atoms with Crippen LogP contribution in [0.2, 0.25) is 0 Å². The fourth-order valence-electron chi connectivity index (χ4n) is 3.60. The molecule has 29 heavy (non-hydrogen) atoms. The minimum Gasteiger partial charge on any atom is -0.497 e. The summed E-state index contributed by atoms with van der Waals surface area (Å²) in [5, 5.41) is 14.8. The Morgan fingerprint density at radius 3 is 2.62 bits per heavy atom. The Bertz CT molecular complexity index is 984. The number of methoxy groups -OCH3 is 1. The molecule has 0 saturated carbocycles. The third kappa shape index (κ3) is 4.02. The molecule has 3 aromatic rings. The van der Waals surface area contributed by atoms with Crippen LogP contribution in [0.15, 0.2) is 47.2 Å². The maximum atomic E-state index is 12.8. The van der Waals surface area contributed by atoms with Crippen LogP contribution >= 0.6 is 0 Å². The van der Waals surface area contributed by atoms with E-state index in [1.165, 1.54) is 0 Å². The van der Waals surface area contributed by atoms with Crippen molar-refractivity contribution in [3.8, 4) is 17.1 Å². The predicted molar refractivity (Wildman–Crippen MR) is 106 cm³/mol. The van der Waals surface area contributed by atoms with E-state index >= 15 is 0 Å². The Kier molecular flexibility index (Phi) is 5.10. The van der Waals surface area contributed by atoms with Crippen molar-refractivity contribution in [1.82, 2.24) is 19.6 Å². The Morgan fingerprint density at radius 1 is 1.28 bits per heavy atom. The van der Waals surface area contributed by atoms with Gasteiger partial charge in [-0.25, -0.2) is 4.98 Å². The molecule has 1 saturated heterocycles. The summed E-state index contributed by atoms with van der Waals surface area (Å²) in [6.45, 7) is 3.32. The number of piperidine rings is 1. The molecule has 3 heterocycles. The van der Waals surface area contributed by atoms with Crippen LogP contribution in [0.1, 0.15) is 29.2 Å². The summed E-state index contributed by atoms with van der Waals surface area (Å²) in [5.74, 6) is 1.95. The molecule has 2 aromatic heterocycles. The van der Waals surface area contributed by atoms with E-state index in [2.05, 4.69) is 10.1 Å². The minimum absolute atomic E-state index is 0.186. The molecule has 0 spiro atoms. The van der Waals surface area contributed by atoms with Gasteiger partial charge < -0.3 is 23.8 Å². The lowest BCUT2D eigenvalue weighted by Crippen LogP contribution is -2.48. The number of imidazole rings is 1. The first-order valence-corrected chi connectivity index (χ1v) is 9.58. The molecule has 0 aliphatic carbocycles. The molecule has 0 unspecified atom stereocenters. The molecule has 1 N–H and O–H groups in total. The number of aryl methyl sites for hydroxylation is 1. The molecule has 8 heteroatoms. The van der Waals surface area contributed by atoms with Gasteiger partial charge in [-0.3, -0.25) is 4.79 Å². The molecule has 1 aliphatic heterocycles. The van der Waals surface area contributed by atoms with Crippen molar-refractivity contribution in [2.24, 2.45) is 0 Å². The average Bonchev–Trinajstić information content (AvgIpc) is 3.38. The van der Waals surface area contributed by atoms with Crippen molar-refractivity contribution in [2.75, 3.05) is 20.2 Å². The number of benzene rings is 1. The normalized spacial score (nSPS) is 16.0. The molecule has 0 atom stereocenters. The lowest BCUT2D eigenvalue weighted by Gasteiger charge is -2.38. The number of likely N-dealkylation sites (tertiary alicyclic amines) is 1. The largest absolute Gasteiger partial charge is 0.497 e. The second kappa shape index (κ2) is 7.71. The average molecular weight is 396 g/mol. The zero-order valence-corrected chi connectivity index (χ0v) is 16.5. The standard InChI is InChI=1S/C21H24N4O4/c1-15-22-9-12-25(15)14-21(27)7-10-24(11-8-21)20(26)18-13-19(29-23-18)16-3-5-17(28-2)6-4-16/h3-6,9,12-13,27H,7-8,10-11,14H2,1-2H3. The highest BCUT2D eigenvalue weighted by molar-refractivity contribution is 5.93. The Labute approximate surface area is 168 Å². The number of carbonyl (C=O) groups excluding carboxylic acids is 1. The van der Waals surface area contributed by atoms with Crippen LogP contribution in [0, 0.1) is 6.92 Å². The van der Waals surface area contributed by atoms with Gasteiger partial charge in [0.1, 0.15) is 11.6 Å². The van der Waals surface area contributed by atoms with Crippen molar-refractivity contribution in [3.05, 3.63) is 54.2 Å². The summed E-state index contributed by atoms with van der Waals surface area (Å²) in [5.41, 5.74) is 0.244. The fraction of sp³-hybridized carbons (Fsp3) is 0.381. The van der Waals surface area contributed by atoms with Crippen molar-refractivity contribution in [3.63, 3.8) is 0 Å². The lowest BCUT2D eigenvalue weighted by atomic mass is 9.91. The van der Waals surface area contributed by atoms with Gasteiger partial charge in [0.15, 0.2) is 11.5 Å². The smallest absolute Gasteiger partial charge is 0.276 e. The quantitative estimate of drug-likeness (QED) is 0.712. The topological polar surface area (TPSA) is 93.6 Å². The van der Waals surface area contributed by atoms with Gasteiger partial charge >= 0.3 is 0 Å². The van der Waals surface area contributed by atoms with Crippen LogP contribution in [-0.2, 0) is 6.54 Å². The van der Waals surface area contributed by atoms with Crippen molar-refractivity contribution in [1.29, 1.82) is 0 Å². The summed E-state index contributed by atoms with van der Waals surface area (Å²) < 4.78 is 12.5. The van der Waals surface area contributed by atoms with Gasteiger partial charge in [-0.2, -0.15) is 0 Å². The van der Waals surface area contributed by atoms with Gasteiger partial charge in [0.05, 0.1) is 19.3 Å². The molecule has 4 rings (SSSR count). The molecule has 1 amide bonds. The number of hydrogen-bond acceptors (Lipinski definition) is 6. The molecule has 1 aromatic carbocycles. The number of rotatable bonds is 5. The van der Waals surface area contributed by atoms with E-state index in [1.54, 1.807) is 24.3 Å². The molecule has 1 aliphatic rings. The first kappa shape index (κ1) is 19.2. The van der Waals surface area contributed by atoms with Crippen molar-refractivity contribution >= 4 is 5.91 Å². The monoisotopic (exact) mass is 396 g/mol. The van der Waals surface area contributed by atoms with Crippen LogP contribution < -0.4 is 4.74 Å². The zero-order chi connectivity index (χ0) is 20.4. The molecular formula is C21H24N4O4. The molecule has 0 radical (unpaired) electrons. The van der Waals surface area contributed by atoms with E-state index in [-0.39, 0.29) is 11.6 Å². The molecule has 152 valence electrons. The van der Waals surface area contributed by atoms with Crippen LogP contribution in [0.5, 0.6) is 5.75 Å². The summed E-state index contributed by atoms with van der Waals surface area (Å²) in [6, 6.07) is 9.01. The predicted octanol–water partition coefficient (Wildman–Crippen LogP) is 2.52. The van der Waals surface area contributed by atoms with Crippen LogP contribution in [0.25, 0.3) is 11.3 Å². The highest BCUT2D eigenvalue weighted by Crippen LogP contribution is 2.27. The Morgan fingerprint density at radius 2 is 2.00 bits per heavy atom.